The van der Waals surface area contributed by atoms with Gasteiger partial charge in [0.1, 0.15) is 9.90 Å². The van der Waals surface area contributed by atoms with Crippen LogP contribution in [0.15, 0.2) is 40.6 Å². The average Bonchev–Trinajstić information content (AvgIpc) is 3.29. The summed E-state index contributed by atoms with van der Waals surface area (Å²) in [6.07, 6.45) is 0. The zero-order valence-electron chi connectivity index (χ0n) is 15.9. The molecule has 0 aliphatic carbocycles. The van der Waals surface area contributed by atoms with Gasteiger partial charge < -0.3 is 0 Å². The number of hydrogen-bond donors (Lipinski definition) is 1. The fourth-order valence-corrected chi connectivity index (χ4v) is 6.09. The summed E-state index contributed by atoms with van der Waals surface area (Å²) >= 11 is 1.65. The maximum absolute atomic E-state index is 13.0. The molecule has 0 saturated carbocycles. The third-order valence-electron chi connectivity index (χ3n) is 4.97. The van der Waals surface area contributed by atoms with Crippen molar-refractivity contribution < 1.29 is 8.42 Å². The summed E-state index contributed by atoms with van der Waals surface area (Å²) < 4.78 is 27.5. The molecule has 1 aliphatic heterocycles. The molecular weight excluding hydrogens is 394 g/mol. The van der Waals surface area contributed by atoms with Crippen LogP contribution >= 0.6 is 11.3 Å². The first-order valence-electron chi connectivity index (χ1n) is 9.19. The number of H-pyrrole nitrogens is 1. The minimum Gasteiger partial charge on any atom is -0.294 e. The van der Waals surface area contributed by atoms with E-state index >= 15 is 0 Å². The third kappa shape index (κ3) is 3.75. The normalized spacial score (nSPS) is 16.5. The summed E-state index contributed by atoms with van der Waals surface area (Å²) in [5.41, 5.74) is 3.23. The van der Waals surface area contributed by atoms with Crippen molar-refractivity contribution in [2.45, 2.75) is 25.3 Å². The second-order valence-corrected chi connectivity index (χ2v) is 9.75. The number of piperazine rings is 1. The van der Waals surface area contributed by atoms with Gasteiger partial charge in [-0.25, -0.2) is 13.4 Å². The quantitative estimate of drug-likeness (QED) is 0.690. The summed E-state index contributed by atoms with van der Waals surface area (Å²) in [6.45, 7) is 6.54. The highest BCUT2D eigenvalue weighted by atomic mass is 32.2. The first-order chi connectivity index (χ1) is 13.4. The van der Waals surface area contributed by atoms with Crippen molar-refractivity contribution in [2.75, 3.05) is 26.2 Å². The van der Waals surface area contributed by atoms with Crippen LogP contribution in [0, 0.1) is 13.8 Å². The molecule has 1 aromatic carbocycles. The predicted molar refractivity (Wildman–Crippen MR) is 110 cm³/mol. The lowest BCUT2D eigenvalue weighted by atomic mass is 10.2. The lowest BCUT2D eigenvalue weighted by Gasteiger charge is -2.33. The molecule has 3 aromatic rings. The number of benzene rings is 1. The van der Waals surface area contributed by atoms with Gasteiger partial charge in [-0.15, -0.1) is 11.3 Å². The summed E-state index contributed by atoms with van der Waals surface area (Å²) in [6, 6.07) is 10.1. The largest absolute Gasteiger partial charge is 0.294 e. The van der Waals surface area contributed by atoms with Gasteiger partial charge in [0.15, 0.2) is 0 Å². The van der Waals surface area contributed by atoms with Crippen LogP contribution in [0.3, 0.4) is 0 Å². The number of sulfonamides is 1. The number of nitrogens with zero attached hydrogens (tertiary/aromatic N) is 4. The Labute approximate surface area is 169 Å². The molecule has 9 heteroatoms. The number of aromatic nitrogens is 3. The summed E-state index contributed by atoms with van der Waals surface area (Å²) in [4.78, 5) is 7.31. The van der Waals surface area contributed by atoms with Crippen LogP contribution in [0.5, 0.6) is 0 Å². The molecule has 3 heterocycles. The van der Waals surface area contributed by atoms with E-state index in [9.17, 15) is 8.42 Å². The Bertz CT molecular complexity index is 1030. The third-order valence-corrected chi connectivity index (χ3v) is 7.97. The van der Waals surface area contributed by atoms with Gasteiger partial charge in [0.2, 0.25) is 10.0 Å². The van der Waals surface area contributed by atoms with Crippen LogP contribution in [-0.4, -0.2) is 59.0 Å². The molecular formula is C19H23N5O2S2. The molecule has 0 atom stereocenters. The van der Waals surface area contributed by atoms with Crippen molar-refractivity contribution in [3.05, 3.63) is 52.1 Å². The summed E-state index contributed by atoms with van der Waals surface area (Å²) in [5, 5.41) is 9.93. The van der Waals surface area contributed by atoms with E-state index in [1.807, 2.05) is 18.2 Å². The van der Waals surface area contributed by atoms with Crippen molar-refractivity contribution in [1.29, 1.82) is 0 Å². The Morgan fingerprint density at radius 1 is 1.11 bits per heavy atom. The van der Waals surface area contributed by atoms with Crippen LogP contribution in [0.25, 0.3) is 11.3 Å². The Morgan fingerprint density at radius 3 is 2.46 bits per heavy atom. The fraction of sp³-hybridized carbons (Fsp3) is 0.368. The maximum atomic E-state index is 13.0. The zero-order valence-corrected chi connectivity index (χ0v) is 17.6. The lowest BCUT2D eigenvalue weighted by molar-refractivity contribution is 0.181. The second kappa shape index (κ2) is 7.75. The van der Waals surface area contributed by atoms with Gasteiger partial charge in [0.25, 0.3) is 0 Å². The van der Waals surface area contributed by atoms with E-state index < -0.39 is 10.0 Å². The number of hydrogen-bond acceptors (Lipinski definition) is 6. The summed E-state index contributed by atoms with van der Waals surface area (Å²) in [7, 11) is -3.51. The van der Waals surface area contributed by atoms with Gasteiger partial charge >= 0.3 is 0 Å². The van der Waals surface area contributed by atoms with E-state index in [-0.39, 0.29) is 0 Å². The van der Waals surface area contributed by atoms with Crippen LogP contribution in [0.1, 0.15) is 16.4 Å². The molecule has 7 nitrogen and oxygen atoms in total. The van der Waals surface area contributed by atoms with Gasteiger partial charge in [-0.05, 0) is 13.8 Å². The van der Waals surface area contributed by atoms with E-state index in [1.54, 1.807) is 29.5 Å². The molecule has 1 N–H and O–H groups in total. The van der Waals surface area contributed by atoms with Gasteiger partial charge in [-0.1, -0.05) is 30.3 Å². The van der Waals surface area contributed by atoms with E-state index in [0.29, 0.717) is 42.5 Å². The molecule has 0 spiro atoms. The molecule has 1 aliphatic rings. The Hall–Kier alpha value is -2.07. The molecule has 4 rings (SSSR count). The van der Waals surface area contributed by atoms with E-state index in [2.05, 4.69) is 32.6 Å². The highest BCUT2D eigenvalue weighted by Gasteiger charge is 2.32. The highest BCUT2D eigenvalue weighted by Crippen LogP contribution is 2.25. The monoisotopic (exact) mass is 417 g/mol. The molecule has 0 amide bonds. The van der Waals surface area contributed by atoms with Crippen molar-refractivity contribution in [1.82, 2.24) is 24.4 Å². The van der Waals surface area contributed by atoms with Crippen LogP contribution in [0.4, 0.5) is 0 Å². The Morgan fingerprint density at radius 2 is 1.82 bits per heavy atom. The molecule has 1 fully saturated rings. The highest BCUT2D eigenvalue weighted by molar-refractivity contribution is 7.89. The molecule has 2 aromatic heterocycles. The smallest absolute Gasteiger partial charge is 0.246 e. The lowest BCUT2D eigenvalue weighted by Crippen LogP contribution is -2.48. The number of rotatable bonds is 5. The average molecular weight is 418 g/mol. The fourth-order valence-electron chi connectivity index (χ4n) is 3.49. The number of nitrogens with one attached hydrogen (secondary N) is 1. The first kappa shape index (κ1) is 19.3. The molecule has 0 unspecified atom stereocenters. The molecule has 148 valence electrons. The van der Waals surface area contributed by atoms with Crippen molar-refractivity contribution in [2.24, 2.45) is 0 Å². The number of thiazole rings is 1. The number of aromatic amines is 1. The van der Waals surface area contributed by atoms with Gasteiger partial charge in [0, 0.05) is 37.1 Å². The van der Waals surface area contributed by atoms with E-state index in [1.165, 1.54) is 0 Å². The topological polar surface area (TPSA) is 82.2 Å². The zero-order chi connectivity index (χ0) is 19.7. The second-order valence-electron chi connectivity index (χ2n) is 6.94. The predicted octanol–water partition coefficient (Wildman–Crippen LogP) is 2.66. The molecule has 0 bridgehead atoms. The van der Waals surface area contributed by atoms with Gasteiger partial charge in [-0.2, -0.15) is 9.40 Å². The standard InChI is InChI=1S/C19H23N5O2S2/c1-14-19(15(2)22-21-14)28(25,26)24-10-8-23(9-11-24)12-18-20-17(13-27-18)16-6-4-3-5-7-16/h3-7,13H,8-12H2,1-2H3,(H,21,22). The summed E-state index contributed by atoms with van der Waals surface area (Å²) in [5.74, 6) is 0. The molecule has 1 saturated heterocycles. The first-order valence-corrected chi connectivity index (χ1v) is 11.5. The maximum Gasteiger partial charge on any atom is 0.246 e. The van der Waals surface area contributed by atoms with Gasteiger partial charge in [0.05, 0.1) is 23.6 Å². The SMILES string of the molecule is Cc1n[nH]c(C)c1S(=O)(=O)N1CCN(Cc2nc(-c3ccccc3)cs2)CC1. The molecule has 0 radical (unpaired) electrons. The van der Waals surface area contributed by atoms with E-state index in [4.69, 9.17) is 4.98 Å². The molecule has 28 heavy (non-hydrogen) atoms. The van der Waals surface area contributed by atoms with Crippen molar-refractivity contribution >= 4 is 21.4 Å². The van der Waals surface area contributed by atoms with E-state index in [0.717, 1.165) is 22.8 Å². The van der Waals surface area contributed by atoms with Gasteiger partial charge in [-0.3, -0.25) is 10.00 Å². The van der Waals surface area contributed by atoms with Crippen molar-refractivity contribution in [3.8, 4) is 11.3 Å². The Balaban J connectivity index is 1.39. The number of aryl methyl sites for hydroxylation is 2. The van der Waals surface area contributed by atoms with Crippen LogP contribution < -0.4 is 0 Å². The minimum absolute atomic E-state index is 0.313. The van der Waals surface area contributed by atoms with Crippen LogP contribution in [-0.2, 0) is 16.6 Å². The van der Waals surface area contributed by atoms with Crippen molar-refractivity contribution in [3.63, 3.8) is 0 Å². The van der Waals surface area contributed by atoms with Crippen LogP contribution in [0.2, 0.25) is 0 Å². The Kier molecular flexibility index (Phi) is 5.33. The minimum atomic E-state index is -3.51.